The lowest BCUT2D eigenvalue weighted by molar-refractivity contribution is 0.0390. The van der Waals surface area contributed by atoms with Crippen molar-refractivity contribution in [2.45, 2.75) is 53.2 Å². The molecule has 0 aliphatic carbocycles. The molecule has 0 radical (unpaired) electrons. The Hall–Kier alpha value is -0.900. The molecule has 1 atom stereocenters. The van der Waals surface area contributed by atoms with Gasteiger partial charge in [0.15, 0.2) is 0 Å². The Morgan fingerprint density at radius 1 is 1.47 bits per heavy atom. The maximum Gasteiger partial charge on any atom is 0.102 e. The van der Waals surface area contributed by atoms with Crippen molar-refractivity contribution in [1.29, 1.82) is 0 Å². The summed E-state index contributed by atoms with van der Waals surface area (Å²) in [5, 5.41) is 18.1. The number of hydrogen-bond acceptors (Lipinski definition) is 3. The number of nitrogens with zero attached hydrogens (tertiary/aromatic N) is 3. The van der Waals surface area contributed by atoms with Crippen LogP contribution in [-0.4, -0.2) is 20.1 Å². The van der Waals surface area contributed by atoms with Crippen molar-refractivity contribution in [3.63, 3.8) is 0 Å². The molecule has 1 N–H and O–H groups in total. The topological polar surface area (TPSA) is 50.9 Å². The van der Waals surface area contributed by atoms with Gasteiger partial charge in [-0.3, -0.25) is 0 Å². The Morgan fingerprint density at radius 3 is 2.67 bits per heavy atom. The van der Waals surface area contributed by atoms with Gasteiger partial charge in [0.1, 0.15) is 6.10 Å². The van der Waals surface area contributed by atoms with Crippen LogP contribution in [0.3, 0.4) is 0 Å². The van der Waals surface area contributed by atoms with Gasteiger partial charge in [0, 0.05) is 6.54 Å². The molecule has 0 aromatic carbocycles. The fraction of sp³-hybridized carbons (Fsp3) is 0.818. The van der Waals surface area contributed by atoms with Crippen LogP contribution in [0, 0.1) is 5.41 Å². The molecule has 1 heterocycles. The molecule has 0 aliphatic rings. The Labute approximate surface area is 91.3 Å². The maximum atomic E-state index is 10.2. The van der Waals surface area contributed by atoms with Crippen LogP contribution in [0.25, 0.3) is 0 Å². The lowest BCUT2D eigenvalue weighted by Crippen LogP contribution is -2.23. The first-order valence-corrected chi connectivity index (χ1v) is 5.59. The summed E-state index contributed by atoms with van der Waals surface area (Å²) >= 11 is 0. The summed E-state index contributed by atoms with van der Waals surface area (Å²) < 4.78 is 1.79. The van der Waals surface area contributed by atoms with Gasteiger partial charge in [0.05, 0.1) is 11.9 Å². The molecule has 1 unspecified atom stereocenters. The molecular weight excluding hydrogens is 190 g/mol. The third kappa shape index (κ3) is 2.56. The number of aryl methyl sites for hydroxylation is 1. The zero-order valence-corrected chi connectivity index (χ0v) is 10.1. The van der Waals surface area contributed by atoms with Crippen LogP contribution in [0.1, 0.15) is 52.3 Å². The second kappa shape index (κ2) is 4.75. The first kappa shape index (κ1) is 12.2. The van der Waals surface area contributed by atoms with E-state index in [1.807, 2.05) is 0 Å². The summed E-state index contributed by atoms with van der Waals surface area (Å²) in [6.07, 6.45) is 3.09. The average molecular weight is 211 g/mol. The molecule has 0 fully saturated rings. The first-order valence-electron chi connectivity index (χ1n) is 5.59. The number of aliphatic hydroxyl groups is 1. The molecular formula is C11H21N3O. The highest BCUT2D eigenvalue weighted by atomic mass is 16.3. The van der Waals surface area contributed by atoms with Crippen LogP contribution in [-0.2, 0) is 6.54 Å². The fourth-order valence-corrected chi connectivity index (χ4v) is 1.46. The smallest absolute Gasteiger partial charge is 0.102 e. The fourth-order valence-electron chi connectivity index (χ4n) is 1.46. The molecule has 1 aromatic heterocycles. The van der Waals surface area contributed by atoms with E-state index >= 15 is 0 Å². The van der Waals surface area contributed by atoms with Crippen molar-refractivity contribution >= 4 is 0 Å². The van der Waals surface area contributed by atoms with Crippen molar-refractivity contribution in [1.82, 2.24) is 15.0 Å². The van der Waals surface area contributed by atoms with Crippen LogP contribution >= 0.6 is 0 Å². The van der Waals surface area contributed by atoms with Gasteiger partial charge in [0.25, 0.3) is 0 Å². The summed E-state index contributed by atoms with van der Waals surface area (Å²) in [6.45, 7) is 9.09. The standard InChI is InChI=1S/C11H21N3O/c1-5-7-14-9(8-12-13-14)10(15)11(3,4)6-2/h8,10,15H,5-7H2,1-4H3. The molecule has 1 rings (SSSR count). The van der Waals surface area contributed by atoms with E-state index in [-0.39, 0.29) is 5.41 Å². The highest BCUT2D eigenvalue weighted by Gasteiger charge is 2.29. The van der Waals surface area contributed by atoms with E-state index in [1.165, 1.54) is 0 Å². The minimum Gasteiger partial charge on any atom is -0.386 e. The molecule has 0 bridgehead atoms. The molecule has 4 nitrogen and oxygen atoms in total. The average Bonchev–Trinajstić information content (AvgIpc) is 2.65. The van der Waals surface area contributed by atoms with Crippen LogP contribution in [0.5, 0.6) is 0 Å². The molecule has 0 amide bonds. The molecule has 86 valence electrons. The Bertz CT molecular complexity index is 307. The van der Waals surface area contributed by atoms with E-state index in [0.29, 0.717) is 0 Å². The maximum absolute atomic E-state index is 10.2. The van der Waals surface area contributed by atoms with Gasteiger partial charge in [0.2, 0.25) is 0 Å². The van der Waals surface area contributed by atoms with Crippen LogP contribution in [0.4, 0.5) is 0 Å². The largest absolute Gasteiger partial charge is 0.386 e. The van der Waals surface area contributed by atoms with Crippen LogP contribution in [0.2, 0.25) is 0 Å². The Kier molecular flexibility index (Phi) is 3.85. The van der Waals surface area contributed by atoms with E-state index in [4.69, 9.17) is 0 Å². The molecule has 0 aliphatic heterocycles. The van der Waals surface area contributed by atoms with Crippen LogP contribution in [0.15, 0.2) is 6.20 Å². The predicted octanol–water partition coefficient (Wildman–Crippen LogP) is 2.16. The first-order chi connectivity index (χ1) is 7.03. The van der Waals surface area contributed by atoms with Gasteiger partial charge in [-0.15, -0.1) is 5.10 Å². The van der Waals surface area contributed by atoms with E-state index in [0.717, 1.165) is 25.1 Å². The van der Waals surface area contributed by atoms with Crippen molar-refractivity contribution in [2.24, 2.45) is 5.41 Å². The third-order valence-electron chi connectivity index (χ3n) is 3.01. The minimum atomic E-state index is -0.496. The summed E-state index contributed by atoms with van der Waals surface area (Å²) in [7, 11) is 0. The Morgan fingerprint density at radius 2 is 2.13 bits per heavy atom. The molecule has 0 saturated carbocycles. The van der Waals surface area contributed by atoms with Gasteiger partial charge in [-0.05, 0) is 18.3 Å². The van der Waals surface area contributed by atoms with Gasteiger partial charge >= 0.3 is 0 Å². The Balaban J connectivity index is 2.90. The van der Waals surface area contributed by atoms with Crippen molar-refractivity contribution in [3.8, 4) is 0 Å². The number of aromatic nitrogens is 3. The van der Waals surface area contributed by atoms with Gasteiger partial charge in [-0.25, -0.2) is 4.68 Å². The van der Waals surface area contributed by atoms with Gasteiger partial charge < -0.3 is 5.11 Å². The molecule has 0 saturated heterocycles. The zero-order chi connectivity index (χ0) is 11.5. The second-order valence-electron chi connectivity index (χ2n) is 4.63. The third-order valence-corrected chi connectivity index (χ3v) is 3.01. The van der Waals surface area contributed by atoms with Gasteiger partial charge in [-0.1, -0.05) is 32.9 Å². The summed E-state index contributed by atoms with van der Waals surface area (Å²) in [5.41, 5.74) is 0.691. The lowest BCUT2D eigenvalue weighted by atomic mass is 9.82. The zero-order valence-electron chi connectivity index (χ0n) is 10.1. The van der Waals surface area contributed by atoms with E-state index in [9.17, 15) is 5.11 Å². The molecule has 0 spiro atoms. The minimum absolute atomic E-state index is 0.132. The van der Waals surface area contributed by atoms with E-state index in [1.54, 1.807) is 10.9 Å². The van der Waals surface area contributed by atoms with Crippen molar-refractivity contribution in [3.05, 3.63) is 11.9 Å². The SMILES string of the molecule is CCCn1nncc1C(O)C(C)(C)CC. The number of rotatable bonds is 5. The predicted molar refractivity (Wildman–Crippen MR) is 59.3 cm³/mol. The number of hydrogen-bond donors (Lipinski definition) is 1. The normalized spacial score (nSPS) is 14.2. The quantitative estimate of drug-likeness (QED) is 0.812. The number of aliphatic hydroxyl groups excluding tert-OH is 1. The molecule has 15 heavy (non-hydrogen) atoms. The van der Waals surface area contributed by atoms with Crippen molar-refractivity contribution in [2.75, 3.05) is 0 Å². The summed E-state index contributed by atoms with van der Waals surface area (Å²) in [4.78, 5) is 0. The lowest BCUT2D eigenvalue weighted by Gasteiger charge is -2.29. The highest BCUT2D eigenvalue weighted by molar-refractivity contribution is 5.03. The highest BCUT2D eigenvalue weighted by Crippen LogP contribution is 2.35. The van der Waals surface area contributed by atoms with E-state index in [2.05, 4.69) is 38.0 Å². The summed E-state index contributed by atoms with van der Waals surface area (Å²) in [6, 6.07) is 0. The van der Waals surface area contributed by atoms with Crippen molar-refractivity contribution < 1.29 is 5.11 Å². The molecule has 4 heteroatoms. The van der Waals surface area contributed by atoms with E-state index < -0.39 is 6.10 Å². The summed E-state index contributed by atoms with van der Waals surface area (Å²) in [5.74, 6) is 0. The molecule has 1 aromatic rings. The second-order valence-corrected chi connectivity index (χ2v) is 4.63. The van der Waals surface area contributed by atoms with Crippen LogP contribution < -0.4 is 0 Å². The van der Waals surface area contributed by atoms with Gasteiger partial charge in [-0.2, -0.15) is 0 Å². The monoisotopic (exact) mass is 211 g/mol.